The van der Waals surface area contributed by atoms with Crippen LogP contribution in [0.15, 0.2) is 158 Å². The molecule has 8 nitrogen and oxygen atoms in total. The van der Waals surface area contributed by atoms with Crippen LogP contribution < -0.4 is 0 Å². The minimum Gasteiger partial charge on any atom is -0.309 e. The molecule has 0 spiro atoms. The molecule has 0 fully saturated rings. The lowest BCUT2D eigenvalue weighted by Crippen LogP contribution is -2.02. The van der Waals surface area contributed by atoms with Crippen LogP contribution in [0.1, 0.15) is 27.8 Å². The van der Waals surface area contributed by atoms with E-state index in [0.717, 1.165) is 88.4 Å². The summed E-state index contributed by atoms with van der Waals surface area (Å²) in [7, 11) is 0. The average molecular weight is 763 g/mol. The van der Waals surface area contributed by atoms with Crippen molar-refractivity contribution in [3.63, 3.8) is 0 Å². The van der Waals surface area contributed by atoms with Crippen molar-refractivity contribution in [3.05, 3.63) is 186 Å². The smallest absolute Gasteiger partial charge is 0.0998 e. The molecule has 0 saturated carbocycles. The molecule has 274 valence electrons. The largest absolute Gasteiger partial charge is 0.309 e. The predicted molar refractivity (Wildman–Crippen MR) is 233 cm³/mol. The summed E-state index contributed by atoms with van der Waals surface area (Å²) in [5.41, 5.74) is 12.6. The van der Waals surface area contributed by atoms with Crippen molar-refractivity contribution in [1.29, 1.82) is 26.3 Å². The number of para-hydroxylation sites is 2. The molecule has 0 N–H and O–H groups in total. The summed E-state index contributed by atoms with van der Waals surface area (Å²) >= 11 is 0. The molecule has 3 aromatic heterocycles. The van der Waals surface area contributed by atoms with Crippen LogP contribution in [0.5, 0.6) is 0 Å². The third kappa shape index (κ3) is 5.45. The molecule has 0 aliphatic heterocycles. The highest BCUT2D eigenvalue weighted by atomic mass is 15.0. The number of benzene rings is 7. The van der Waals surface area contributed by atoms with Crippen molar-refractivity contribution >= 4 is 43.6 Å². The Bertz CT molecular complexity index is 3680. The van der Waals surface area contributed by atoms with Crippen molar-refractivity contribution in [2.24, 2.45) is 0 Å². The molecule has 0 unspecified atom stereocenters. The SMILES string of the molecule is N#Cc1ccc(-c2ccc3c(c2)c2ccccc2n3-c2ccncc2-c2ccc(C#N)cc2-n2c3ccccc3c3cc(-c4ccc(C#N)cc4C#N)ccc32)c(C#N)c1. The second-order valence-electron chi connectivity index (χ2n) is 14.4. The lowest BCUT2D eigenvalue weighted by atomic mass is 9.97. The Hall–Kier alpha value is -9.26. The first-order valence-electron chi connectivity index (χ1n) is 19.0. The minimum absolute atomic E-state index is 0.424. The predicted octanol–water partition coefficient (Wildman–Crippen LogP) is 11.6. The van der Waals surface area contributed by atoms with Crippen molar-refractivity contribution in [1.82, 2.24) is 14.1 Å². The molecule has 0 radical (unpaired) electrons. The van der Waals surface area contributed by atoms with Crippen LogP contribution in [0.2, 0.25) is 0 Å². The van der Waals surface area contributed by atoms with E-state index < -0.39 is 0 Å². The van der Waals surface area contributed by atoms with E-state index >= 15 is 0 Å². The maximum absolute atomic E-state index is 10.2. The number of hydrogen-bond acceptors (Lipinski definition) is 6. The molecule has 10 rings (SSSR count). The summed E-state index contributed by atoms with van der Waals surface area (Å²) in [6.45, 7) is 0. The second kappa shape index (κ2) is 14.0. The summed E-state index contributed by atoms with van der Waals surface area (Å²) in [6.07, 6.45) is 3.65. The standard InChI is InChI=1S/C52H26N8/c53-26-32-9-14-39(37(21-32)29-56)35-12-17-49-44(24-35)41-5-1-3-7-47(41)59(49)51-19-20-58-31-46(51)43-16-11-34(28-55)23-52(43)60-48-8-4-2-6-42(48)45-25-36(13-18-50(45)60)40-15-10-33(27-54)22-38(40)30-57/h1-25,31H. The van der Waals surface area contributed by atoms with Gasteiger partial charge in [0.25, 0.3) is 0 Å². The van der Waals surface area contributed by atoms with Crippen molar-refractivity contribution < 1.29 is 0 Å². The van der Waals surface area contributed by atoms with Crippen LogP contribution in [-0.2, 0) is 0 Å². The zero-order valence-electron chi connectivity index (χ0n) is 31.6. The zero-order chi connectivity index (χ0) is 40.9. The van der Waals surface area contributed by atoms with Gasteiger partial charge in [-0.2, -0.15) is 26.3 Å². The number of fused-ring (bicyclic) bond motifs is 6. The van der Waals surface area contributed by atoms with Gasteiger partial charge in [0.2, 0.25) is 0 Å². The first-order chi connectivity index (χ1) is 29.5. The number of nitrogens with zero attached hydrogens (tertiary/aromatic N) is 8. The molecule has 0 aliphatic carbocycles. The van der Waals surface area contributed by atoms with Crippen molar-refractivity contribution in [2.45, 2.75) is 0 Å². The lowest BCUT2D eigenvalue weighted by molar-refractivity contribution is 1.14. The molecular formula is C52H26N8. The maximum atomic E-state index is 10.2. The van der Waals surface area contributed by atoms with Crippen LogP contribution in [0.4, 0.5) is 0 Å². The van der Waals surface area contributed by atoms with Gasteiger partial charge in [-0.05, 0) is 101 Å². The Labute approximate surface area is 343 Å². The minimum atomic E-state index is 0.424. The van der Waals surface area contributed by atoms with E-state index in [-0.39, 0.29) is 0 Å². The average Bonchev–Trinajstić information content (AvgIpc) is 3.82. The third-order valence-electron chi connectivity index (χ3n) is 11.2. The molecule has 0 amide bonds. The van der Waals surface area contributed by atoms with Crippen molar-refractivity contribution in [2.75, 3.05) is 0 Å². The van der Waals surface area contributed by atoms with Gasteiger partial charge in [0.15, 0.2) is 0 Å². The van der Waals surface area contributed by atoms with Crippen LogP contribution in [-0.4, -0.2) is 14.1 Å². The Morgan fingerprint density at radius 1 is 0.367 bits per heavy atom. The highest BCUT2D eigenvalue weighted by Gasteiger charge is 2.22. The Kier molecular flexibility index (Phi) is 8.23. The highest BCUT2D eigenvalue weighted by molar-refractivity contribution is 6.13. The van der Waals surface area contributed by atoms with Gasteiger partial charge in [-0.25, -0.2) is 0 Å². The van der Waals surface area contributed by atoms with Gasteiger partial charge in [0.1, 0.15) is 0 Å². The van der Waals surface area contributed by atoms with Gasteiger partial charge in [-0.3, -0.25) is 4.98 Å². The quantitative estimate of drug-likeness (QED) is 0.171. The molecule has 3 heterocycles. The van der Waals surface area contributed by atoms with Gasteiger partial charge in [0.05, 0.1) is 91.6 Å². The van der Waals surface area contributed by atoms with E-state index in [2.05, 4.69) is 86.9 Å². The third-order valence-corrected chi connectivity index (χ3v) is 11.2. The van der Waals surface area contributed by atoms with Crippen LogP contribution in [0.25, 0.3) is 88.4 Å². The van der Waals surface area contributed by atoms with E-state index in [9.17, 15) is 26.3 Å². The monoisotopic (exact) mass is 762 g/mol. The van der Waals surface area contributed by atoms with Gasteiger partial charge in [-0.15, -0.1) is 0 Å². The number of aromatic nitrogens is 3. The van der Waals surface area contributed by atoms with E-state index in [0.29, 0.717) is 27.8 Å². The fourth-order valence-corrected chi connectivity index (χ4v) is 8.52. The van der Waals surface area contributed by atoms with Gasteiger partial charge in [-0.1, -0.05) is 66.7 Å². The molecule has 7 aromatic carbocycles. The van der Waals surface area contributed by atoms with Crippen LogP contribution in [0, 0.1) is 56.7 Å². The fraction of sp³-hybridized carbons (Fsp3) is 0. The summed E-state index contributed by atoms with van der Waals surface area (Å²) in [6, 6.07) is 57.9. The molecule has 60 heavy (non-hydrogen) atoms. The maximum Gasteiger partial charge on any atom is 0.0998 e. The first kappa shape index (κ1) is 35.2. The van der Waals surface area contributed by atoms with Crippen LogP contribution in [0.3, 0.4) is 0 Å². The van der Waals surface area contributed by atoms with E-state index in [4.69, 9.17) is 0 Å². The Morgan fingerprint density at radius 2 is 0.833 bits per heavy atom. The molecule has 0 aliphatic rings. The van der Waals surface area contributed by atoms with Crippen molar-refractivity contribution in [3.8, 4) is 75.1 Å². The van der Waals surface area contributed by atoms with Crippen LogP contribution >= 0.6 is 0 Å². The Morgan fingerprint density at radius 3 is 1.35 bits per heavy atom. The Balaban J connectivity index is 1.20. The molecule has 10 aromatic rings. The number of pyridine rings is 1. The first-order valence-corrected chi connectivity index (χ1v) is 19.0. The molecule has 0 bridgehead atoms. The zero-order valence-corrected chi connectivity index (χ0v) is 31.6. The number of hydrogen-bond donors (Lipinski definition) is 0. The number of nitriles is 5. The summed E-state index contributed by atoms with van der Waals surface area (Å²) in [4.78, 5) is 4.65. The van der Waals surface area contributed by atoms with E-state index in [1.54, 1.807) is 30.5 Å². The molecular weight excluding hydrogens is 737 g/mol. The normalized spacial score (nSPS) is 10.9. The summed E-state index contributed by atoms with van der Waals surface area (Å²) in [5, 5.41) is 53.2. The van der Waals surface area contributed by atoms with Gasteiger partial charge >= 0.3 is 0 Å². The highest BCUT2D eigenvalue weighted by Crippen LogP contribution is 2.42. The molecule has 8 heteroatoms. The lowest BCUT2D eigenvalue weighted by Gasteiger charge is -2.18. The van der Waals surface area contributed by atoms with Gasteiger partial charge in [0, 0.05) is 45.1 Å². The van der Waals surface area contributed by atoms with E-state index in [1.807, 2.05) is 85.1 Å². The molecule has 0 atom stereocenters. The summed E-state index contributed by atoms with van der Waals surface area (Å²) in [5.74, 6) is 0. The fourth-order valence-electron chi connectivity index (χ4n) is 8.52. The number of rotatable bonds is 5. The second-order valence-corrected chi connectivity index (χ2v) is 14.4. The van der Waals surface area contributed by atoms with E-state index in [1.165, 1.54) is 0 Å². The van der Waals surface area contributed by atoms with Gasteiger partial charge < -0.3 is 9.13 Å². The topological polar surface area (TPSA) is 142 Å². The molecule has 0 saturated heterocycles. The summed E-state index contributed by atoms with van der Waals surface area (Å²) < 4.78 is 4.42.